The standard InChI is InChI=1S/C9H16O2/c1-2-8-11-9-6-4-3-5-7-10/h2,6,9-10H,1,3-5,7-8H2. The molecule has 2 nitrogen and oxygen atoms in total. The van der Waals surface area contributed by atoms with Crippen LogP contribution in [0.2, 0.25) is 0 Å². The normalized spacial score (nSPS) is 10.3. The van der Waals surface area contributed by atoms with Gasteiger partial charge in [0.2, 0.25) is 0 Å². The molecule has 0 spiro atoms. The fourth-order valence-electron chi connectivity index (χ4n) is 0.634. The average molecular weight is 156 g/mol. The van der Waals surface area contributed by atoms with Crippen LogP contribution in [0, 0.1) is 0 Å². The Hall–Kier alpha value is -0.760. The Balaban J connectivity index is 2.97. The number of ether oxygens (including phenoxy) is 1. The molecule has 0 amide bonds. The molecule has 0 bridgehead atoms. The summed E-state index contributed by atoms with van der Waals surface area (Å²) in [5.74, 6) is 0. The SMILES string of the molecule is C=CCOC=CCCCCO. The first kappa shape index (κ1) is 10.2. The molecule has 2 heteroatoms. The number of hydrogen-bond acceptors (Lipinski definition) is 2. The van der Waals surface area contributed by atoms with Gasteiger partial charge in [0.15, 0.2) is 0 Å². The molecule has 0 unspecified atom stereocenters. The summed E-state index contributed by atoms with van der Waals surface area (Å²) >= 11 is 0. The molecule has 0 fully saturated rings. The summed E-state index contributed by atoms with van der Waals surface area (Å²) in [6, 6.07) is 0. The van der Waals surface area contributed by atoms with Gasteiger partial charge in [-0.1, -0.05) is 12.7 Å². The maximum absolute atomic E-state index is 8.44. The molecule has 11 heavy (non-hydrogen) atoms. The van der Waals surface area contributed by atoms with Crippen LogP contribution in [0.25, 0.3) is 0 Å². The van der Waals surface area contributed by atoms with Gasteiger partial charge >= 0.3 is 0 Å². The summed E-state index contributed by atoms with van der Waals surface area (Å²) in [5.41, 5.74) is 0. The fourth-order valence-corrected chi connectivity index (χ4v) is 0.634. The Morgan fingerprint density at radius 1 is 1.36 bits per heavy atom. The first-order chi connectivity index (χ1) is 5.41. The Morgan fingerprint density at radius 3 is 2.82 bits per heavy atom. The van der Waals surface area contributed by atoms with Crippen LogP contribution in [-0.4, -0.2) is 18.3 Å². The van der Waals surface area contributed by atoms with Crippen molar-refractivity contribution in [1.82, 2.24) is 0 Å². The van der Waals surface area contributed by atoms with E-state index in [4.69, 9.17) is 9.84 Å². The van der Waals surface area contributed by atoms with E-state index in [-0.39, 0.29) is 6.61 Å². The van der Waals surface area contributed by atoms with Gasteiger partial charge in [0.1, 0.15) is 6.61 Å². The minimum atomic E-state index is 0.279. The molecule has 0 aromatic carbocycles. The number of allylic oxidation sites excluding steroid dienone is 1. The van der Waals surface area contributed by atoms with Gasteiger partial charge in [-0.25, -0.2) is 0 Å². The van der Waals surface area contributed by atoms with Crippen molar-refractivity contribution in [2.75, 3.05) is 13.2 Å². The monoisotopic (exact) mass is 156 g/mol. The van der Waals surface area contributed by atoms with Crippen molar-refractivity contribution < 1.29 is 9.84 Å². The van der Waals surface area contributed by atoms with Crippen LogP contribution in [0.3, 0.4) is 0 Å². The third-order valence-electron chi connectivity index (χ3n) is 1.19. The lowest BCUT2D eigenvalue weighted by molar-refractivity contribution is 0.281. The summed E-state index contributed by atoms with van der Waals surface area (Å²) in [6.45, 7) is 4.36. The Bertz CT molecular complexity index is 108. The van der Waals surface area contributed by atoms with Crippen molar-refractivity contribution in [2.45, 2.75) is 19.3 Å². The van der Waals surface area contributed by atoms with Crippen LogP contribution in [0.15, 0.2) is 25.0 Å². The van der Waals surface area contributed by atoms with Gasteiger partial charge < -0.3 is 9.84 Å². The Kier molecular flexibility index (Phi) is 8.60. The van der Waals surface area contributed by atoms with Crippen LogP contribution >= 0.6 is 0 Å². The van der Waals surface area contributed by atoms with Crippen molar-refractivity contribution in [3.8, 4) is 0 Å². The third kappa shape index (κ3) is 9.24. The molecule has 0 aromatic rings. The Labute approximate surface area is 68.2 Å². The number of aliphatic hydroxyl groups is 1. The van der Waals surface area contributed by atoms with E-state index in [0.29, 0.717) is 6.61 Å². The molecule has 64 valence electrons. The molecular weight excluding hydrogens is 140 g/mol. The first-order valence-electron chi connectivity index (χ1n) is 3.90. The van der Waals surface area contributed by atoms with Crippen LogP contribution in [0.1, 0.15) is 19.3 Å². The second-order valence-electron chi connectivity index (χ2n) is 2.21. The van der Waals surface area contributed by atoms with Gasteiger partial charge in [-0.15, -0.1) is 0 Å². The van der Waals surface area contributed by atoms with E-state index in [1.807, 2.05) is 6.08 Å². The number of rotatable bonds is 7. The summed E-state index contributed by atoms with van der Waals surface area (Å²) < 4.78 is 5.00. The zero-order valence-electron chi connectivity index (χ0n) is 6.83. The van der Waals surface area contributed by atoms with E-state index < -0.39 is 0 Å². The molecule has 0 heterocycles. The van der Waals surface area contributed by atoms with Crippen molar-refractivity contribution in [3.05, 3.63) is 25.0 Å². The highest BCUT2D eigenvalue weighted by molar-refractivity contribution is 4.75. The van der Waals surface area contributed by atoms with Crippen LogP contribution in [0.4, 0.5) is 0 Å². The highest BCUT2D eigenvalue weighted by Crippen LogP contribution is 1.95. The minimum Gasteiger partial charge on any atom is -0.497 e. The number of unbranched alkanes of at least 4 members (excludes halogenated alkanes) is 2. The van der Waals surface area contributed by atoms with Crippen LogP contribution in [-0.2, 0) is 4.74 Å². The maximum Gasteiger partial charge on any atom is 0.105 e. The lowest BCUT2D eigenvalue weighted by atomic mass is 10.2. The zero-order valence-corrected chi connectivity index (χ0v) is 6.83. The quantitative estimate of drug-likeness (QED) is 0.346. The van der Waals surface area contributed by atoms with E-state index in [0.717, 1.165) is 19.3 Å². The highest BCUT2D eigenvalue weighted by atomic mass is 16.5. The van der Waals surface area contributed by atoms with Crippen molar-refractivity contribution in [2.24, 2.45) is 0 Å². The zero-order chi connectivity index (χ0) is 8.36. The van der Waals surface area contributed by atoms with E-state index in [2.05, 4.69) is 6.58 Å². The second kappa shape index (κ2) is 9.24. The molecule has 0 radical (unpaired) electrons. The minimum absolute atomic E-state index is 0.279. The maximum atomic E-state index is 8.44. The van der Waals surface area contributed by atoms with Gasteiger partial charge in [-0.05, 0) is 25.3 Å². The van der Waals surface area contributed by atoms with Gasteiger partial charge in [0, 0.05) is 6.61 Å². The van der Waals surface area contributed by atoms with Crippen LogP contribution in [0.5, 0.6) is 0 Å². The van der Waals surface area contributed by atoms with Crippen molar-refractivity contribution >= 4 is 0 Å². The van der Waals surface area contributed by atoms with Gasteiger partial charge in [-0.3, -0.25) is 0 Å². The van der Waals surface area contributed by atoms with Crippen molar-refractivity contribution in [1.29, 1.82) is 0 Å². The Morgan fingerprint density at radius 2 is 2.18 bits per heavy atom. The van der Waals surface area contributed by atoms with Gasteiger partial charge in [-0.2, -0.15) is 0 Å². The average Bonchev–Trinajstić information content (AvgIpc) is 2.03. The topological polar surface area (TPSA) is 29.5 Å². The fraction of sp³-hybridized carbons (Fsp3) is 0.556. The summed E-state index contributed by atoms with van der Waals surface area (Å²) in [4.78, 5) is 0. The molecule has 0 saturated carbocycles. The van der Waals surface area contributed by atoms with Crippen LogP contribution < -0.4 is 0 Å². The lowest BCUT2D eigenvalue weighted by Gasteiger charge is -1.93. The highest BCUT2D eigenvalue weighted by Gasteiger charge is 1.81. The van der Waals surface area contributed by atoms with E-state index in [1.165, 1.54) is 0 Å². The molecule has 0 atom stereocenters. The number of aliphatic hydroxyl groups excluding tert-OH is 1. The number of hydrogen-bond donors (Lipinski definition) is 1. The molecule has 0 aliphatic heterocycles. The molecule has 0 aliphatic rings. The van der Waals surface area contributed by atoms with E-state index in [9.17, 15) is 0 Å². The van der Waals surface area contributed by atoms with Gasteiger partial charge in [0.25, 0.3) is 0 Å². The van der Waals surface area contributed by atoms with Gasteiger partial charge in [0.05, 0.1) is 6.26 Å². The van der Waals surface area contributed by atoms with E-state index in [1.54, 1.807) is 12.3 Å². The molecule has 0 aromatic heterocycles. The largest absolute Gasteiger partial charge is 0.497 e. The molecular formula is C9H16O2. The second-order valence-corrected chi connectivity index (χ2v) is 2.21. The van der Waals surface area contributed by atoms with E-state index >= 15 is 0 Å². The molecule has 0 saturated heterocycles. The first-order valence-corrected chi connectivity index (χ1v) is 3.90. The molecule has 0 aliphatic carbocycles. The molecule has 1 N–H and O–H groups in total. The summed E-state index contributed by atoms with van der Waals surface area (Å²) in [6.07, 6.45) is 8.20. The summed E-state index contributed by atoms with van der Waals surface area (Å²) in [7, 11) is 0. The lowest BCUT2D eigenvalue weighted by Crippen LogP contribution is -1.81. The summed E-state index contributed by atoms with van der Waals surface area (Å²) in [5, 5.41) is 8.44. The van der Waals surface area contributed by atoms with Crippen molar-refractivity contribution in [3.63, 3.8) is 0 Å². The predicted molar refractivity (Wildman–Crippen MR) is 46.2 cm³/mol. The predicted octanol–water partition coefficient (Wildman–Crippen LogP) is 1.87. The smallest absolute Gasteiger partial charge is 0.105 e. The molecule has 0 rings (SSSR count). The third-order valence-corrected chi connectivity index (χ3v) is 1.19.